The quantitative estimate of drug-likeness (QED) is 0.797. The smallest absolute Gasteiger partial charge is 0.389 e. The van der Waals surface area contributed by atoms with E-state index < -0.39 is 17.5 Å². The number of hydrogen-bond donors (Lipinski definition) is 1. The maximum Gasteiger partial charge on any atom is 0.435 e. The number of nitrogens with zero attached hydrogens (tertiary/aromatic N) is 2. The summed E-state index contributed by atoms with van der Waals surface area (Å²) >= 11 is 0. The highest BCUT2D eigenvalue weighted by Crippen LogP contribution is 2.26. The molecule has 79 valence electrons. The average molecular weight is 207 g/mol. The van der Waals surface area contributed by atoms with Gasteiger partial charge in [-0.15, -0.1) is 0 Å². The Balaban J connectivity index is 2.79. The third-order valence-corrected chi connectivity index (χ3v) is 1.40. The van der Waals surface area contributed by atoms with Crippen LogP contribution in [-0.2, 0) is 12.7 Å². The third kappa shape index (κ3) is 3.02. The van der Waals surface area contributed by atoms with Gasteiger partial charge in [0.2, 0.25) is 0 Å². The first-order chi connectivity index (χ1) is 6.18. The molecule has 6 heteroatoms. The van der Waals surface area contributed by atoms with Gasteiger partial charge < -0.3 is 5.11 Å². The van der Waals surface area contributed by atoms with Crippen LogP contribution in [0.25, 0.3) is 0 Å². The summed E-state index contributed by atoms with van der Waals surface area (Å²) in [5.74, 6) is 0. The third-order valence-electron chi connectivity index (χ3n) is 1.40. The topological polar surface area (TPSA) is 38.0 Å². The number of aromatic nitrogens is 2. The molecule has 0 amide bonds. The summed E-state index contributed by atoms with van der Waals surface area (Å²) in [5.41, 5.74) is -2.16. The van der Waals surface area contributed by atoms with E-state index in [0.29, 0.717) is 0 Å². The van der Waals surface area contributed by atoms with Crippen molar-refractivity contribution in [3.8, 4) is 0 Å². The van der Waals surface area contributed by atoms with Crippen molar-refractivity contribution in [1.29, 1.82) is 0 Å². The summed E-state index contributed by atoms with van der Waals surface area (Å²) in [6.45, 7) is 2.98. The lowest BCUT2D eigenvalue weighted by Gasteiger charge is -2.16. The van der Waals surface area contributed by atoms with Crippen LogP contribution >= 0.6 is 0 Å². The Bertz CT molecular complexity index is 311. The molecule has 0 bridgehead atoms. The second-order valence-corrected chi connectivity index (χ2v) is 3.63. The highest BCUT2D eigenvalue weighted by atomic mass is 19.4. The molecule has 0 unspecified atom stereocenters. The zero-order valence-corrected chi connectivity index (χ0v) is 7.76. The molecule has 1 heterocycles. The predicted octanol–water partition coefficient (Wildman–Crippen LogP) is 1.47. The van der Waals surface area contributed by atoms with Crippen LogP contribution in [0.15, 0.2) is 6.20 Å². The van der Waals surface area contributed by atoms with Crippen molar-refractivity contribution >= 4 is 0 Å². The molecule has 1 aromatic rings. The molecule has 0 aliphatic rings. The first-order valence-corrected chi connectivity index (χ1v) is 3.93. The largest absolute Gasteiger partial charge is 0.435 e. The zero-order chi connectivity index (χ0) is 11.0. The Kier molecular flexibility index (Phi) is 2.58. The fraction of sp³-hybridized carbons (Fsp3) is 0.625. The van der Waals surface area contributed by atoms with Gasteiger partial charge >= 0.3 is 6.18 Å². The summed E-state index contributed by atoms with van der Waals surface area (Å²) in [5, 5.41) is 12.6. The average Bonchev–Trinajstić information content (AvgIpc) is 2.29. The molecule has 0 fully saturated rings. The lowest BCUT2D eigenvalue weighted by Crippen LogP contribution is -2.26. The maximum atomic E-state index is 12.1. The SMILES string of the molecule is CC(C)(O)Cn1c[c]c(C(F)(F)F)n1. The Hall–Kier alpha value is -1.04. The fourth-order valence-electron chi connectivity index (χ4n) is 0.938. The van der Waals surface area contributed by atoms with Gasteiger partial charge in [-0.3, -0.25) is 4.68 Å². The van der Waals surface area contributed by atoms with Crippen molar-refractivity contribution in [2.24, 2.45) is 0 Å². The lowest BCUT2D eigenvalue weighted by molar-refractivity contribution is -0.141. The van der Waals surface area contributed by atoms with Crippen molar-refractivity contribution in [3.05, 3.63) is 18.0 Å². The second kappa shape index (κ2) is 3.27. The summed E-state index contributed by atoms with van der Waals surface area (Å²) in [7, 11) is 0. The zero-order valence-electron chi connectivity index (χ0n) is 7.76. The van der Waals surface area contributed by atoms with Gasteiger partial charge in [-0.1, -0.05) is 0 Å². The molecule has 14 heavy (non-hydrogen) atoms. The van der Waals surface area contributed by atoms with Crippen molar-refractivity contribution < 1.29 is 18.3 Å². The molecule has 0 aliphatic heterocycles. The Labute approximate surface area is 79.2 Å². The molecule has 0 saturated heterocycles. The number of rotatable bonds is 2. The molecular weight excluding hydrogens is 197 g/mol. The van der Waals surface area contributed by atoms with Crippen LogP contribution in [0.2, 0.25) is 0 Å². The van der Waals surface area contributed by atoms with Crippen molar-refractivity contribution in [3.63, 3.8) is 0 Å². The van der Waals surface area contributed by atoms with Crippen LogP contribution in [0.1, 0.15) is 19.5 Å². The van der Waals surface area contributed by atoms with Gasteiger partial charge in [-0.2, -0.15) is 18.3 Å². The van der Waals surface area contributed by atoms with Gasteiger partial charge in [0.25, 0.3) is 0 Å². The maximum absolute atomic E-state index is 12.1. The molecule has 0 spiro atoms. The van der Waals surface area contributed by atoms with Gasteiger partial charge in [0.15, 0.2) is 5.69 Å². The predicted molar refractivity (Wildman–Crippen MR) is 42.4 cm³/mol. The van der Waals surface area contributed by atoms with Gasteiger partial charge in [-0.25, -0.2) is 0 Å². The van der Waals surface area contributed by atoms with Gasteiger partial charge in [0, 0.05) is 12.3 Å². The van der Waals surface area contributed by atoms with Gasteiger partial charge in [0.1, 0.15) is 0 Å². The van der Waals surface area contributed by atoms with Crippen LogP contribution in [-0.4, -0.2) is 20.5 Å². The lowest BCUT2D eigenvalue weighted by atomic mass is 10.1. The van der Waals surface area contributed by atoms with E-state index in [0.717, 1.165) is 10.9 Å². The van der Waals surface area contributed by atoms with E-state index in [4.69, 9.17) is 0 Å². The van der Waals surface area contributed by atoms with Crippen LogP contribution in [0.3, 0.4) is 0 Å². The van der Waals surface area contributed by atoms with E-state index in [2.05, 4.69) is 5.10 Å². The molecule has 0 saturated carbocycles. The Morgan fingerprint density at radius 1 is 1.50 bits per heavy atom. The van der Waals surface area contributed by atoms with E-state index in [1.807, 2.05) is 6.07 Å². The minimum atomic E-state index is -4.48. The Morgan fingerprint density at radius 2 is 2.07 bits per heavy atom. The monoisotopic (exact) mass is 207 g/mol. The molecule has 1 N–H and O–H groups in total. The minimum absolute atomic E-state index is 0.000417. The molecule has 0 aromatic carbocycles. The number of hydrogen-bond acceptors (Lipinski definition) is 2. The highest BCUT2D eigenvalue weighted by molar-refractivity contribution is 5.01. The minimum Gasteiger partial charge on any atom is -0.389 e. The highest BCUT2D eigenvalue weighted by Gasteiger charge is 2.34. The molecule has 1 aromatic heterocycles. The van der Waals surface area contributed by atoms with E-state index in [-0.39, 0.29) is 6.54 Å². The van der Waals surface area contributed by atoms with Gasteiger partial charge in [0.05, 0.1) is 12.1 Å². The van der Waals surface area contributed by atoms with Crippen molar-refractivity contribution in [1.82, 2.24) is 9.78 Å². The van der Waals surface area contributed by atoms with Crippen LogP contribution < -0.4 is 0 Å². The summed E-state index contributed by atoms with van der Waals surface area (Å²) in [6, 6.07) is 1.98. The van der Waals surface area contributed by atoms with E-state index in [1.165, 1.54) is 13.8 Å². The normalized spacial score (nSPS) is 13.3. The first kappa shape index (κ1) is 11.0. The van der Waals surface area contributed by atoms with Crippen molar-refractivity contribution in [2.75, 3.05) is 0 Å². The molecule has 1 radical (unpaired) electrons. The fourth-order valence-corrected chi connectivity index (χ4v) is 0.938. The second-order valence-electron chi connectivity index (χ2n) is 3.63. The number of halogens is 3. The molecule has 1 rings (SSSR count). The molecular formula is C8H10F3N2O. The molecule has 3 nitrogen and oxygen atoms in total. The number of aliphatic hydroxyl groups is 1. The van der Waals surface area contributed by atoms with Crippen LogP contribution in [0.5, 0.6) is 0 Å². The summed E-state index contributed by atoms with van der Waals surface area (Å²) in [6.07, 6.45) is -3.41. The molecule has 0 aliphatic carbocycles. The van der Waals surface area contributed by atoms with Crippen LogP contribution in [0, 0.1) is 6.07 Å². The number of alkyl halides is 3. The Morgan fingerprint density at radius 3 is 2.43 bits per heavy atom. The summed E-state index contributed by atoms with van der Waals surface area (Å²) < 4.78 is 37.2. The standard InChI is InChI=1S/C8H10F3N2O/c1-7(2,14)5-13-4-3-6(12-13)8(9,10)11/h4,14H,5H2,1-2H3. The van der Waals surface area contributed by atoms with E-state index >= 15 is 0 Å². The van der Waals surface area contributed by atoms with E-state index in [9.17, 15) is 18.3 Å². The first-order valence-electron chi connectivity index (χ1n) is 3.93. The van der Waals surface area contributed by atoms with Gasteiger partial charge in [-0.05, 0) is 13.8 Å². The molecule has 0 atom stereocenters. The van der Waals surface area contributed by atoms with E-state index in [1.54, 1.807) is 0 Å². The summed E-state index contributed by atoms with van der Waals surface area (Å²) in [4.78, 5) is 0. The van der Waals surface area contributed by atoms with Crippen molar-refractivity contribution in [2.45, 2.75) is 32.2 Å². The van der Waals surface area contributed by atoms with Crippen LogP contribution in [0.4, 0.5) is 13.2 Å².